The zero-order valence-corrected chi connectivity index (χ0v) is 11.9. The standard InChI is InChI=1S/C5H12N2O.3C2H4O2/c6-2-4-7-3-1-5-8;3*1-2(3)4/h1,5,7-8H,2-4,6H2;3*1H3,(H,3,4). The summed E-state index contributed by atoms with van der Waals surface area (Å²) in [5, 5.41) is 33.3. The molecule has 0 aromatic carbocycles. The van der Waals surface area contributed by atoms with Gasteiger partial charge in [-0.3, -0.25) is 14.4 Å². The van der Waals surface area contributed by atoms with Crippen LogP contribution in [0, 0.1) is 0 Å². The first-order chi connectivity index (χ1) is 9.11. The lowest BCUT2D eigenvalue weighted by molar-refractivity contribution is -0.135. The first kappa shape index (κ1) is 26.4. The lowest BCUT2D eigenvalue weighted by Gasteiger charge is -1.93. The van der Waals surface area contributed by atoms with Crippen LogP contribution in [0.15, 0.2) is 12.3 Å². The van der Waals surface area contributed by atoms with Crippen LogP contribution in [0.5, 0.6) is 0 Å². The van der Waals surface area contributed by atoms with Crippen molar-refractivity contribution in [2.75, 3.05) is 19.6 Å². The highest BCUT2D eigenvalue weighted by Gasteiger charge is 1.75. The van der Waals surface area contributed by atoms with Crippen molar-refractivity contribution in [1.82, 2.24) is 5.32 Å². The molecule has 120 valence electrons. The molecule has 0 atom stereocenters. The molecular weight excluding hydrogens is 272 g/mol. The molecule has 0 radical (unpaired) electrons. The molecular formula is C11H24N2O7. The predicted molar refractivity (Wildman–Crippen MR) is 73.6 cm³/mol. The van der Waals surface area contributed by atoms with Crippen LogP contribution in [-0.4, -0.2) is 58.0 Å². The number of nitrogens with two attached hydrogens (primary N) is 1. The fourth-order valence-corrected chi connectivity index (χ4v) is 0.340. The Balaban J connectivity index is -0.0000000917. The van der Waals surface area contributed by atoms with Gasteiger partial charge in [-0.15, -0.1) is 0 Å². The molecule has 0 rings (SSSR count). The van der Waals surface area contributed by atoms with Gasteiger partial charge in [-0.1, -0.05) is 0 Å². The average molecular weight is 296 g/mol. The van der Waals surface area contributed by atoms with E-state index in [9.17, 15) is 0 Å². The molecule has 0 saturated heterocycles. The van der Waals surface area contributed by atoms with Crippen LogP contribution < -0.4 is 11.1 Å². The van der Waals surface area contributed by atoms with Crippen LogP contribution in [0.3, 0.4) is 0 Å². The predicted octanol–water partition coefficient (Wildman–Crippen LogP) is -0.121. The third-order valence-corrected chi connectivity index (χ3v) is 0.689. The van der Waals surface area contributed by atoms with E-state index in [1.54, 1.807) is 6.08 Å². The molecule has 0 unspecified atom stereocenters. The van der Waals surface area contributed by atoms with Crippen LogP contribution in [-0.2, 0) is 14.4 Å². The van der Waals surface area contributed by atoms with Crippen molar-refractivity contribution in [1.29, 1.82) is 0 Å². The maximum atomic E-state index is 9.00. The molecule has 0 heterocycles. The molecule has 20 heavy (non-hydrogen) atoms. The summed E-state index contributed by atoms with van der Waals surface area (Å²) in [6, 6.07) is 0. The summed E-state index contributed by atoms with van der Waals surface area (Å²) in [7, 11) is 0. The van der Waals surface area contributed by atoms with Crippen LogP contribution in [0.2, 0.25) is 0 Å². The second-order valence-electron chi connectivity index (χ2n) is 2.93. The third-order valence-electron chi connectivity index (χ3n) is 0.689. The fraction of sp³-hybridized carbons (Fsp3) is 0.545. The van der Waals surface area contributed by atoms with Gasteiger partial charge in [0.25, 0.3) is 17.9 Å². The van der Waals surface area contributed by atoms with Crippen molar-refractivity contribution >= 4 is 17.9 Å². The van der Waals surface area contributed by atoms with Crippen LogP contribution in [0.25, 0.3) is 0 Å². The molecule has 0 aromatic heterocycles. The van der Waals surface area contributed by atoms with Gasteiger partial charge >= 0.3 is 0 Å². The summed E-state index contributed by atoms with van der Waals surface area (Å²) in [6.45, 7) is 5.37. The zero-order chi connectivity index (χ0) is 17.0. The minimum Gasteiger partial charge on any atom is -0.516 e. The topological polar surface area (TPSA) is 170 Å². The lowest BCUT2D eigenvalue weighted by Crippen LogP contribution is -2.22. The largest absolute Gasteiger partial charge is 0.516 e. The summed E-state index contributed by atoms with van der Waals surface area (Å²) in [6.07, 6.45) is 2.64. The molecule has 9 heteroatoms. The van der Waals surface area contributed by atoms with E-state index in [0.717, 1.165) is 33.6 Å². The van der Waals surface area contributed by atoms with Gasteiger partial charge in [-0.2, -0.15) is 0 Å². The maximum Gasteiger partial charge on any atom is 0.300 e. The lowest BCUT2D eigenvalue weighted by atomic mass is 10.5. The SMILES string of the molecule is CC(=O)O.CC(=O)O.CC(=O)O.NCCNCC=CO. The minimum atomic E-state index is -0.833. The van der Waals surface area contributed by atoms with E-state index in [0.29, 0.717) is 13.1 Å². The normalized spacial score (nSPS) is 8.00. The molecule has 0 bridgehead atoms. The third kappa shape index (κ3) is 426. The highest BCUT2D eigenvalue weighted by atomic mass is 16.4. The van der Waals surface area contributed by atoms with Crippen molar-refractivity contribution in [3.63, 3.8) is 0 Å². The Morgan fingerprint density at radius 2 is 1.30 bits per heavy atom. The van der Waals surface area contributed by atoms with Crippen LogP contribution in [0.1, 0.15) is 20.8 Å². The van der Waals surface area contributed by atoms with E-state index >= 15 is 0 Å². The minimum absolute atomic E-state index is 0.638. The van der Waals surface area contributed by atoms with E-state index in [1.165, 1.54) is 0 Å². The Labute approximate surface area is 117 Å². The number of hydrogen-bond acceptors (Lipinski definition) is 6. The van der Waals surface area contributed by atoms with Gasteiger partial charge in [-0.05, 0) is 6.08 Å². The number of nitrogens with one attached hydrogen (secondary N) is 1. The number of carboxylic acid groups (broad SMARTS) is 3. The molecule has 0 aromatic rings. The molecule has 0 aliphatic heterocycles. The Hall–Kier alpha value is -2.13. The Bertz CT molecular complexity index is 227. The Morgan fingerprint density at radius 1 is 1.00 bits per heavy atom. The second kappa shape index (κ2) is 25.7. The van der Waals surface area contributed by atoms with E-state index in [1.807, 2.05) is 0 Å². The first-order valence-corrected chi connectivity index (χ1v) is 5.40. The van der Waals surface area contributed by atoms with Crippen LogP contribution in [0.4, 0.5) is 0 Å². The number of hydrogen-bond donors (Lipinski definition) is 6. The number of rotatable bonds is 4. The molecule has 7 N–H and O–H groups in total. The molecule has 9 nitrogen and oxygen atoms in total. The van der Waals surface area contributed by atoms with Crippen molar-refractivity contribution in [3.8, 4) is 0 Å². The number of aliphatic hydroxyl groups excluding tert-OH is 1. The number of aliphatic hydroxyl groups is 1. The summed E-state index contributed by atoms with van der Waals surface area (Å²) in [4.78, 5) is 27.0. The van der Waals surface area contributed by atoms with Gasteiger partial charge in [0.1, 0.15) is 0 Å². The summed E-state index contributed by atoms with van der Waals surface area (Å²) in [5.41, 5.74) is 5.16. The molecule has 0 amide bonds. The van der Waals surface area contributed by atoms with Crippen LogP contribution >= 0.6 is 0 Å². The maximum absolute atomic E-state index is 9.00. The van der Waals surface area contributed by atoms with Gasteiger partial charge in [0.05, 0.1) is 6.26 Å². The van der Waals surface area contributed by atoms with Crippen molar-refractivity contribution in [2.45, 2.75) is 20.8 Å². The van der Waals surface area contributed by atoms with E-state index < -0.39 is 17.9 Å². The number of carboxylic acids is 3. The van der Waals surface area contributed by atoms with E-state index in [-0.39, 0.29) is 0 Å². The average Bonchev–Trinajstić information content (AvgIpc) is 2.22. The Kier molecular flexibility index (Phi) is 33.9. The molecule has 0 aliphatic rings. The van der Waals surface area contributed by atoms with Gasteiger partial charge in [0, 0.05) is 40.4 Å². The summed E-state index contributed by atoms with van der Waals surface area (Å²) in [5.74, 6) is -2.50. The van der Waals surface area contributed by atoms with E-state index in [2.05, 4.69) is 5.32 Å². The number of carbonyl (C=O) groups is 3. The van der Waals surface area contributed by atoms with Crippen molar-refractivity contribution < 1.29 is 34.8 Å². The molecule has 0 spiro atoms. The highest BCUT2D eigenvalue weighted by molar-refractivity contribution is 5.63. The fourth-order valence-electron chi connectivity index (χ4n) is 0.340. The summed E-state index contributed by atoms with van der Waals surface area (Å²) < 4.78 is 0. The zero-order valence-electron chi connectivity index (χ0n) is 11.9. The van der Waals surface area contributed by atoms with Crippen molar-refractivity contribution in [3.05, 3.63) is 12.3 Å². The molecule has 0 saturated carbocycles. The number of aliphatic carboxylic acids is 3. The molecule has 0 aliphatic carbocycles. The Morgan fingerprint density at radius 3 is 1.50 bits per heavy atom. The van der Waals surface area contributed by atoms with Gasteiger partial charge in [-0.25, -0.2) is 0 Å². The van der Waals surface area contributed by atoms with Gasteiger partial charge < -0.3 is 31.5 Å². The van der Waals surface area contributed by atoms with Gasteiger partial charge in [0.2, 0.25) is 0 Å². The molecule has 0 fully saturated rings. The smallest absolute Gasteiger partial charge is 0.300 e. The van der Waals surface area contributed by atoms with Gasteiger partial charge in [0.15, 0.2) is 0 Å². The van der Waals surface area contributed by atoms with E-state index in [4.69, 9.17) is 40.5 Å². The first-order valence-electron chi connectivity index (χ1n) is 5.40. The highest BCUT2D eigenvalue weighted by Crippen LogP contribution is 1.61. The summed E-state index contributed by atoms with van der Waals surface area (Å²) >= 11 is 0. The second-order valence-corrected chi connectivity index (χ2v) is 2.93. The quantitative estimate of drug-likeness (QED) is 0.305. The van der Waals surface area contributed by atoms with Crippen molar-refractivity contribution in [2.24, 2.45) is 5.73 Å². The monoisotopic (exact) mass is 296 g/mol.